The summed E-state index contributed by atoms with van der Waals surface area (Å²) in [5.74, 6) is 0.0455. The van der Waals surface area contributed by atoms with Crippen molar-refractivity contribution in [2.45, 2.75) is 39.2 Å². The van der Waals surface area contributed by atoms with Crippen LogP contribution in [0.15, 0.2) is 0 Å². The van der Waals surface area contributed by atoms with Crippen molar-refractivity contribution in [2.24, 2.45) is 11.3 Å². The first-order valence-corrected chi connectivity index (χ1v) is 5.35. The van der Waals surface area contributed by atoms with Crippen LogP contribution >= 0.6 is 0 Å². The first kappa shape index (κ1) is 9.97. The lowest BCUT2D eigenvalue weighted by Crippen LogP contribution is -2.59. The molecule has 0 amide bonds. The second-order valence-electron chi connectivity index (χ2n) is 5.80. The van der Waals surface area contributed by atoms with E-state index in [2.05, 4.69) is 25.7 Å². The Balaban J connectivity index is 1.92. The summed E-state index contributed by atoms with van der Waals surface area (Å²) in [6.07, 6.45) is 1.69. The van der Waals surface area contributed by atoms with E-state index in [9.17, 15) is 4.79 Å². The largest absolute Gasteiger partial charge is 0.480 e. The molecule has 1 aliphatic carbocycles. The summed E-state index contributed by atoms with van der Waals surface area (Å²) in [6.45, 7) is 8.63. The molecule has 0 aromatic carbocycles. The highest BCUT2D eigenvalue weighted by Crippen LogP contribution is 2.48. The summed E-state index contributed by atoms with van der Waals surface area (Å²) in [7, 11) is 0. The number of rotatable bonds is 2. The molecule has 1 aliphatic heterocycles. The molecule has 1 heterocycles. The van der Waals surface area contributed by atoms with Crippen molar-refractivity contribution in [1.82, 2.24) is 4.90 Å². The van der Waals surface area contributed by atoms with Gasteiger partial charge in [0.1, 0.15) is 5.54 Å². The molecule has 1 saturated carbocycles. The second-order valence-corrected chi connectivity index (χ2v) is 5.80. The smallest absolute Gasteiger partial charge is 0.324 e. The summed E-state index contributed by atoms with van der Waals surface area (Å²) in [4.78, 5) is 13.2. The van der Waals surface area contributed by atoms with Crippen LogP contribution in [0.1, 0.15) is 33.6 Å². The monoisotopic (exact) mass is 197 g/mol. The Morgan fingerprint density at radius 1 is 1.36 bits per heavy atom. The maximum atomic E-state index is 11.0. The first-order valence-electron chi connectivity index (χ1n) is 5.35. The second kappa shape index (κ2) is 2.72. The van der Waals surface area contributed by atoms with Gasteiger partial charge in [-0.1, -0.05) is 20.8 Å². The van der Waals surface area contributed by atoms with Crippen LogP contribution in [0.2, 0.25) is 0 Å². The fourth-order valence-corrected chi connectivity index (χ4v) is 2.16. The van der Waals surface area contributed by atoms with Gasteiger partial charge in [-0.15, -0.1) is 0 Å². The average molecular weight is 197 g/mol. The van der Waals surface area contributed by atoms with Crippen LogP contribution in [0.25, 0.3) is 0 Å². The molecular formula is C11H19NO2. The van der Waals surface area contributed by atoms with Gasteiger partial charge in [0.25, 0.3) is 0 Å². The Kier molecular flexibility index (Phi) is 1.94. The topological polar surface area (TPSA) is 40.5 Å². The van der Waals surface area contributed by atoms with Crippen LogP contribution in [0.5, 0.6) is 0 Å². The van der Waals surface area contributed by atoms with E-state index in [1.807, 2.05) is 0 Å². The summed E-state index contributed by atoms with van der Waals surface area (Å²) in [6, 6.07) is 0. The predicted molar refractivity (Wildman–Crippen MR) is 54.1 cm³/mol. The van der Waals surface area contributed by atoms with E-state index >= 15 is 0 Å². The number of likely N-dealkylation sites (tertiary alicyclic amines) is 1. The minimum atomic E-state index is -0.621. The zero-order valence-corrected chi connectivity index (χ0v) is 9.21. The number of carbonyl (C=O) groups is 1. The van der Waals surface area contributed by atoms with Gasteiger partial charge in [0.05, 0.1) is 0 Å². The Morgan fingerprint density at radius 2 is 1.86 bits per heavy atom. The third-order valence-corrected chi connectivity index (χ3v) is 3.83. The van der Waals surface area contributed by atoms with E-state index in [1.165, 1.54) is 0 Å². The fraction of sp³-hybridized carbons (Fsp3) is 0.909. The lowest BCUT2D eigenvalue weighted by atomic mass is 9.75. The van der Waals surface area contributed by atoms with E-state index in [0.717, 1.165) is 25.9 Å². The molecule has 2 fully saturated rings. The highest BCUT2D eigenvalue weighted by Gasteiger charge is 2.59. The molecule has 1 N–H and O–H groups in total. The zero-order chi connectivity index (χ0) is 10.6. The number of hydrogen-bond acceptors (Lipinski definition) is 2. The van der Waals surface area contributed by atoms with Gasteiger partial charge >= 0.3 is 5.97 Å². The Bertz CT molecular complexity index is 257. The third kappa shape index (κ3) is 1.34. The van der Waals surface area contributed by atoms with Gasteiger partial charge in [-0.05, 0) is 24.2 Å². The number of hydrogen-bond donors (Lipinski definition) is 1. The molecule has 0 aromatic heterocycles. The summed E-state index contributed by atoms with van der Waals surface area (Å²) in [5.41, 5.74) is -0.132. The molecule has 0 spiro atoms. The number of nitrogens with zero attached hydrogens (tertiary/aromatic N) is 1. The molecule has 0 aromatic rings. The van der Waals surface area contributed by atoms with Crippen LogP contribution in [-0.2, 0) is 4.79 Å². The Hall–Kier alpha value is -0.570. The molecule has 2 aliphatic rings. The van der Waals surface area contributed by atoms with Crippen molar-refractivity contribution in [3.8, 4) is 0 Å². The van der Waals surface area contributed by atoms with E-state index < -0.39 is 11.5 Å². The molecule has 0 radical (unpaired) electrons. The van der Waals surface area contributed by atoms with Crippen molar-refractivity contribution in [2.75, 3.05) is 13.1 Å². The maximum Gasteiger partial charge on any atom is 0.324 e. The molecule has 2 rings (SSSR count). The molecule has 3 nitrogen and oxygen atoms in total. The molecule has 0 atom stereocenters. The first-order chi connectivity index (χ1) is 6.36. The molecule has 3 heteroatoms. The summed E-state index contributed by atoms with van der Waals surface area (Å²) < 4.78 is 0. The van der Waals surface area contributed by atoms with Gasteiger partial charge in [-0.25, -0.2) is 0 Å². The molecule has 0 unspecified atom stereocenters. The highest BCUT2D eigenvalue weighted by atomic mass is 16.4. The molecule has 1 saturated heterocycles. The van der Waals surface area contributed by atoms with Crippen LogP contribution in [0.4, 0.5) is 0 Å². The van der Waals surface area contributed by atoms with Gasteiger partial charge in [0.2, 0.25) is 0 Å². The zero-order valence-electron chi connectivity index (χ0n) is 9.21. The quantitative estimate of drug-likeness (QED) is 0.730. The number of aliphatic carboxylic acids is 1. The standard InChI is InChI=1S/C11H19NO2/c1-10(2,3)8-6-12(7-8)11(4-5-11)9(13)14/h8H,4-7H2,1-3H3,(H,13,14). The molecule has 0 bridgehead atoms. The highest BCUT2D eigenvalue weighted by molar-refractivity contribution is 5.82. The number of carboxylic acids is 1. The van der Waals surface area contributed by atoms with E-state index in [0.29, 0.717) is 11.3 Å². The fourth-order valence-electron chi connectivity index (χ4n) is 2.16. The minimum Gasteiger partial charge on any atom is -0.480 e. The number of carboxylic acid groups (broad SMARTS) is 1. The summed E-state index contributed by atoms with van der Waals surface area (Å²) in [5, 5.41) is 9.09. The average Bonchev–Trinajstić information content (AvgIpc) is 2.60. The molecule has 80 valence electrons. The molecular weight excluding hydrogens is 178 g/mol. The van der Waals surface area contributed by atoms with Crippen molar-refractivity contribution in [3.05, 3.63) is 0 Å². The predicted octanol–water partition coefficient (Wildman–Crippen LogP) is 1.58. The Morgan fingerprint density at radius 3 is 2.14 bits per heavy atom. The SMILES string of the molecule is CC(C)(C)C1CN(C2(C(=O)O)CC2)C1. The van der Waals surface area contributed by atoms with Crippen molar-refractivity contribution < 1.29 is 9.90 Å². The van der Waals surface area contributed by atoms with Gasteiger partial charge in [-0.3, -0.25) is 9.69 Å². The van der Waals surface area contributed by atoms with Crippen molar-refractivity contribution in [1.29, 1.82) is 0 Å². The van der Waals surface area contributed by atoms with Gasteiger partial charge < -0.3 is 5.11 Å². The van der Waals surface area contributed by atoms with E-state index in [4.69, 9.17) is 5.11 Å². The normalized spacial score (nSPS) is 27.1. The third-order valence-electron chi connectivity index (χ3n) is 3.83. The summed E-state index contributed by atoms with van der Waals surface area (Å²) >= 11 is 0. The minimum absolute atomic E-state index is 0.324. The van der Waals surface area contributed by atoms with Gasteiger partial charge in [0.15, 0.2) is 0 Å². The van der Waals surface area contributed by atoms with E-state index in [-0.39, 0.29) is 0 Å². The lowest BCUT2D eigenvalue weighted by Gasteiger charge is -2.49. The maximum absolute atomic E-state index is 11.0. The van der Waals surface area contributed by atoms with Crippen LogP contribution in [-0.4, -0.2) is 34.6 Å². The van der Waals surface area contributed by atoms with Gasteiger partial charge in [-0.2, -0.15) is 0 Å². The van der Waals surface area contributed by atoms with Crippen LogP contribution in [0, 0.1) is 11.3 Å². The van der Waals surface area contributed by atoms with E-state index in [1.54, 1.807) is 0 Å². The molecule has 14 heavy (non-hydrogen) atoms. The van der Waals surface area contributed by atoms with Crippen LogP contribution < -0.4 is 0 Å². The van der Waals surface area contributed by atoms with Crippen LogP contribution in [0.3, 0.4) is 0 Å². The van der Waals surface area contributed by atoms with Crippen molar-refractivity contribution in [3.63, 3.8) is 0 Å². The Labute approximate surface area is 85.1 Å². The van der Waals surface area contributed by atoms with Crippen molar-refractivity contribution >= 4 is 5.97 Å². The van der Waals surface area contributed by atoms with Gasteiger partial charge in [0, 0.05) is 13.1 Å². The lowest BCUT2D eigenvalue weighted by molar-refractivity contribution is -0.150.